The predicted molar refractivity (Wildman–Crippen MR) is 63.9 cm³/mol. The molecule has 1 atom stereocenters. The van der Waals surface area contributed by atoms with Crippen LogP contribution in [0.2, 0.25) is 0 Å². The Labute approximate surface area is 103 Å². The van der Waals surface area contributed by atoms with Crippen molar-refractivity contribution in [3.8, 4) is 0 Å². The van der Waals surface area contributed by atoms with Crippen LogP contribution in [0, 0.1) is 5.41 Å². The molecule has 0 spiro atoms. The molecule has 0 aliphatic heterocycles. The molecular formula is C11H13ClO3S. The molecule has 1 heterocycles. The number of hydrogen-bond acceptors (Lipinski definition) is 3. The maximum atomic E-state index is 11.6. The molecule has 0 aliphatic rings. The molecule has 1 aromatic rings. The van der Waals surface area contributed by atoms with E-state index in [2.05, 4.69) is 0 Å². The van der Waals surface area contributed by atoms with Crippen LogP contribution < -0.4 is 0 Å². The summed E-state index contributed by atoms with van der Waals surface area (Å²) in [6, 6.07) is 3.34. The molecule has 0 saturated carbocycles. The highest BCUT2D eigenvalue weighted by Crippen LogP contribution is 2.45. The summed E-state index contributed by atoms with van der Waals surface area (Å²) < 4.78 is 0. The quantitative estimate of drug-likeness (QED) is 0.672. The third-order valence-corrected chi connectivity index (χ3v) is 3.90. The van der Waals surface area contributed by atoms with Crippen molar-refractivity contribution in [3.63, 3.8) is 0 Å². The molecule has 1 N–H and O–H groups in total. The molecule has 5 heteroatoms. The summed E-state index contributed by atoms with van der Waals surface area (Å²) in [5, 5.41) is 10.3. The van der Waals surface area contributed by atoms with Gasteiger partial charge in [-0.3, -0.25) is 9.59 Å². The largest absolute Gasteiger partial charge is 0.480 e. The first-order valence-electron chi connectivity index (χ1n) is 4.72. The Hall–Kier alpha value is -0.870. The fraction of sp³-hybridized carbons (Fsp3) is 0.455. The van der Waals surface area contributed by atoms with Crippen LogP contribution in [0.4, 0.5) is 0 Å². The Bertz CT molecular complexity index is 389. The van der Waals surface area contributed by atoms with E-state index in [-0.39, 0.29) is 0 Å². The summed E-state index contributed by atoms with van der Waals surface area (Å²) in [6.45, 7) is 5.09. The number of aliphatic carboxylic acids is 1. The Kier molecular flexibility index (Phi) is 3.45. The van der Waals surface area contributed by atoms with Gasteiger partial charge in [-0.25, -0.2) is 0 Å². The molecule has 88 valence electrons. The van der Waals surface area contributed by atoms with Crippen molar-refractivity contribution in [1.29, 1.82) is 0 Å². The normalized spacial score (nSPS) is 15.5. The predicted octanol–water partition coefficient (Wildman–Crippen LogP) is 2.88. The van der Waals surface area contributed by atoms with E-state index in [0.717, 1.165) is 0 Å². The van der Waals surface area contributed by atoms with Crippen LogP contribution in [0.25, 0.3) is 0 Å². The van der Waals surface area contributed by atoms with E-state index in [4.69, 9.17) is 11.6 Å². The minimum atomic E-state index is -1.68. The first-order chi connectivity index (χ1) is 7.24. The Morgan fingerprint density at radius 2 is 1.94 bits per heavy atom. The molecule has 0 fully saturated rings. The van der Waals surface area contributed by atoms with E-state index in [0.29, 0.717) is 4.88 Å². The molecule has 1 unspecified atom stereocenters. The first kappa shape index (κ1) is 13.2. The topological polar surface area (TPSA) is 54.4 Å². The molecular weight excluding hydrogens is 248 g/mol. The molecule has 3 nitrogen and oxygen atoms in total. The molecule has 0 saturated heterocycles. The lowest BCUT2D eigenvalue weighted by Crippen LogP contribution is -2.51. The molecule has 0 amide bonds. The van der Waals surface area contributed by atoms with Gasteiger partial charge in [0, 0.05) is 4.88 Å². The number of carboxylic acid groups (broad SMARTS) is 1. The van der Waals surface area contributed by atoms with Gasteiger partial charge in [0.2, 0.25) is 5.24 Å². The fourth-order valence-electron chi connectivity index (χ4n) is 1.76. The summed E-state index contributed by atoms with van der Waals surface area (Å²) in [5.41, 5.74) is -2.47. The van der Waals surface area contributed by atoms with Crippen LogP contribution in [0.15, 0.2) is 17.5 Å². The second kappa shape index (κ2) is 4.18. The average molecular weight is 261 g/mol. The lowest BCUT2D eigenvalue weighted by molar-refractivity contribution is -0.151. The molecule has 0 bridgehead atoms. The van der Waals surface area contributed by atoms with Gasteiger partial charge in [0.15, 0.2) is 5.41 Å². The number of carboxylic acids is 1. The molecule has 1 rings (SSSR count). The number of hydrogen-bond donors (Lipinski definition) is 1. The van der Waals surface area contributed by atoms with Gasteiger partial charge in [0.05, 0.1) is 0 Å². The van der Waals surface area contributed by atoms with E-state index in [1.54, 1.807) is 38.3 Å². The van der Waals surface area contributed by atoms with Gasteiger partial charge >= 0.3 is 5.97 Å². The minimum absolute atomic E-state index is 0.465. The fourth-order valence-corrected chi connectivity index (χ4v) is 3.41. The minimum Gasteiger partial charge on any atom is -0.480 e. The second-order valence-corrected chi connectivity index (χ2v) is 5.85. The lowest BCUT2D eigenvalue weighted by atomic mass is 9.66. The van der Waals surface area contributed by atoms with E-state index < -0.39 is 22.0 Å². The van der Waals surface area contributed by atoms with Gasteiger partial charge in [0.25, 0.3) is 0 Å². The smallest absolute Gasteiger partial charge is 0.324 e. The molecule has 0 aliphatic carbocycles. The Morgan fingerprint density at radius 1 is 1.38 bits per heavy atom. The van der Waals surface area contributed by atoms with Crippen molar-refractivity contribution >= 4 is 34.1 Å². The summed E-state index contributed by atoms with van der Waals surface area (Å²) in [6.07, 6.45) is 0. The van der Waals surface area contributed by atoms with Crippen molar-refractivity contribution in [2.24, 2.45) is 5.41 Å². The SMILES string of the molecule is CC(C)(C)C(C(=O)O)(C(=O)Cl)c1cccs1. The lowest BCUT2D eigenvalue weighted by Gasteiger charge is -2.37. The second-order valence-electron chi connectivity index (χ2n) is 4.56. The van der Waals surface area contributed by atoms with Crippen molar-refractivity contribution in [2.45, 2.75) is 26.2 Å². The van der Waals surface area contributed by atoms with Crippen LogP contribution >= 0.6 is 22.9 Å². The van der Waals surface area contributed by atoms with Crippen LogP contribution in [0.1, 0.15) is 25.6 Å². The van der Waals surface area contributed by atoms with Crippen LogP contribution in [0.5, 0.6) is 0 Å². The van der Waals surface area contributed by atoms with E-state index in [1.165, 1.54) is 11.3 Å². The maximum Gasteiger partial charge on any atom is 0.324 e. The van der Waals surface area contributed by atoms with E-state index >= 15 is 0 Å². The van der Waals surface area contributed by atoms with Gasteiger partial charge in [-0.15, -0.1) is 11.3 Å². The summed E-state index contributed by atoms with van der Waals surface area (Å²) in [5.74, 6) is -1.21. The van der Waals surface area contributed by atoms with Crippen LogP contribution in [-0.2, 0) is 15.0 Å². The van der Waals surface area contributed by atoms with Gasteiger partial charge in [-0.05, 0) is 28.5 Å². The van der Waals surface area contributed by atoms with E-state index in [1.807, 2.05) is 0 Å². The zero-order valence-electron chi connectivity index (χ0n) is 9.28. The number of thiophene rings is 1. The summed E-state index contributed by atoms with van der Waals surface area (Å²) >= 11 is 6.79. The number of rotatable bonds is 3. The van der Waals surface area contributed by atoms with Gasteiger partial charge < -0.3 is 5.11 Å². The first-order valence-corrected chi connectivity index (χ1v) is 5.97. The van der Waals surface area contributed by atoms with Crippen molar-refractivity contribution < 1.29 is 14.7 Å². The van der Waals surface area contributed by atoms with Crippen molar-refractivity contribution in [2.75, 3.05) is 0 Å². The maximum absolute atomic E-state index is 11.6. The van der Waals surface area contributed by atoms with Gasteiger partial charge in [-0.1, -0.05) is 26.8 Å². The number of carbonyl (C=O) groups is 2. The van der Waals surface area contributed by atoms with Crippen molar-refractivity contribution in [3.05, 3.63) is 22.4 Å². The highest BCUT2D eigenvalue weighted by Gasteiger charge is 2.56. The summed E-state index contributed by atoms with van der Waals surface area (Å²) in [7, 11) is 0. The Balaban J connectivity index is 3.54. The highest BCUT2D eigenvalue weighted by molar-refractivity contribution is 7.10. The third-order valence-electron chi connectivity index (χ3n) is 2.63. The molecule has 0 aromatic carbocycles. The van der Waals surface area contributed by atoms with E-state index in [9.17, 15) is 14.7 Å². The molecule has 1 aromatic heterocycles. The Morgan fingerprint density at radius 3 is 2.19 bits per heavy atom. The average Bonchev–Trinajstić information content (AvgIpc) is 2.53. The number of halogens is 1. The molecule has 0 radical (unpaired) electrons. The van der Waals surface area contributed by atoms with Crippen LogP contribution in [0.3, 0.4) is 0 Å². The highest BCUT2D eigenvalue weighted by atomic mass is 35.5. The summed E-state index contributed by atoms with van der Waals surface area (Å²) in [4.78, 5) is 23.6. The van der Waals surface area contributed by atoms with Gasteiger partial charge in [-0.2, -0.15) is 0 Å². The standard InChI is InChI=1S/C11H13ClO3S/c1-10(2,3)11(8(12)13,9(14)15)7-5-4-6-16-7/h4-6H,1-3H3,(H,14,15). The zero-order valence-corrected chi connectivity index (χ0v) is 10.9. The number of carbonyl (C=O) groups excluding carboxylic acids is 1. The van der Waals surface area contributed by atoms with Crippen molar-refractivity contribution in [1.82, 2.24) is 0 Å². The monoisotopic (exact) mass is 260 g/mol. The zero-order chi connectivity index (χ0) is 12.6. The van der Waals surface area contributed by atoms with Gasteiger partial charge in [0.1, 0.15) is 0 Å². The third kappa shape index (κ3) is 1.76. The molecule has 16 heavy (non-hydrogen) atoms. The van der Waals surface area contributed by atoms with Crippen LogP contribution in [-0.4, -0.2) is 16.3 Å².